The summed E-state index contributed by atoms with van der Waals surface area (Å²) in [7, 11) is 0. The van der Waals surface area contributed by atoms with E-state index in [0.29, 0.717) is 39.1 Å². The highest BCUT2D eigenvalue weighted by molar-refractivity contribution is 5.97. The first-order valence-corrected chi connectivity index (χ1v) is 8.48. The molecule has 1 N–H and O–H groups in total. The molecule has 0 aromatic rings. The number of nitrogens with zero attached hydrogens (tertiary/aromatic N) is 2. The molecule has 0 spiro atoms. The van der Waals surface area contributed by atoms with Crippen LogP contribution in [0.5, 0.6) is 0 Å². The van der Waals surface area contributed by atoms with Crippen LogP contribution in [0.25, 0.3) is 0 Å². The summed E-state index contributed by atoms with van der Waals surface area (Å²) in [5.41, 5.74) is -0.0292. The number of ether oxygens (including phenoxy) is 2. The molecule has 0 bridgehead atoms. The topological polar surface area (TPSA) is 109 Å². The number of rotatable bonds is 8. The largest absolute Gasteiger partial charge is 0.466 e. The van der Waals surface area contributed by atoms with Crippen molar-refractivity contribution in [3.63, 3.8) is 0 Å². The van der Waals surface area contributed by atoms with Gasteiger partial charge in [0.1, 0.15) is 11.6 Å². The molecule has 0 unspecified atom stereocenters. The van der Waals surface area contributed by atoms with Crippen molar-refractivity contribution < 1.29 is 23.9 Å². The number of carbonyl (C=O) groups excluding carboxylic acids is 3. The summed E-state index contributed by atoms with van der Waals surface area (Å²) < 4.78 is 9.78. The Kier molecular flexibility index (Phi) is 9.07. The van der Waals surface area contributed by atoms with Gasteiger partial charge in [-0.05, 0) is 26.7 Å². The van der Waals surface area contributed by atoms with Gasteiger partial charge in [0.05, 0.1) is 25.6 Å². The smallest absolute Gasteiger partial charge is 0.309 e. The lowest BCUT2D eigenvalue weighted by Gasteiger charge is -2.30. The number of esters is 2. The average molecular weight is 351 g/mol. The van der Waals surface area contributed by atoms with Crippen molar-refractivity contribution in [1.29, 1.82) is 5.26 Å². The van der Waals surface area contributed by atoms with Gasteiger partial charge in [-0.2, -0.15) is 5.26 Å². The van der Waals surface area contributed by atoms with Gasteiger partial charge in [0.25, 0.3) is 5.91 Å². The van der Waals surface area contributed by atoms with Crippen LogP contribution < -0.4 is 5.32 Å². The molecule has 0 radical (unpaired) electrons. The second-order valence-corrected chi connectivity index (χ2v) is 5.50. The molecule has 1 fully saturated rings. The van der Waals surface area contributed by atoms with E-state index in [1.165, 1.54) is 6.20 Å². The minimum Gasteiger partial charge on any atom is -0.466 e. The van der Waals surface area contributed by atoms with E-state index in [1.807, 2.05) is 6.07 Å². The van der Waals surface area contributed by atoms with Gasteiger partial charge in [-0.15, -0.1) is 0 Å². The first-order chi connectivity index (χ1) is 12.0. The number of hydrogen-bond acceptors (Lipinski definition) is 7. The number of hydrogen-bond donors (Lipinski definition) is 1. The van der Waals surface area contributed by atoms with E-state index in [9.17, 15) is 14.4 Å². The van der Waals surface area contributed by atoms with Crippen LogP contribution in [-0.4, -0.2) is 55.6 Å². The summed E-state index contributed by atoms with van der Waals surface area (Å²) in [6.07, 6.45) is 2.53. The van der Waals surface area contributed by atoms with Crippen LogP contribution >= 0.6 is 0 Å². The van der Waals surface area contributed by atoms with Gasteiger partial charge in [0.15, 0.2) is 0 Å². The first-order valence-electron chi connectivity index (χ1n) is 8.48. The molecule has 138 valence electrons. The zero-order chi connectivity index (χ0) is 18.7. The summed E-state index contributed by atoms with van der Waals surface area (Å²) in [5, 5.41) is 11.9. The van der Waals surface area contributed by atoms with E-state index >= 15 is 0 Å². The molecule has 0 atom stereocenters. The minimum atomic E-state index is -0.381. The first kappa shape index (κ1) is 20.5. The molecular weight excluding hydrogens is 326 g/mol. The summed E-state index contributed by atoms with van der Waals surface area (Å²) in [6.45, 7) is 5.24. The van der Waals surface area contributed by atoms with Crippen molar-refractivity contribution in [2.45, 2.75) is 33.1 Å². The molecule has 0 aromatic carbocycles. The molecule has 1 aliphatic rings. The van der Waals surface area contributed by atoms with Gasteiger partial charge < -0.3 is 19.7 Å². The van der Waals surface area contributed by atoms with Crippen LogP contribution in [0, 0.1) is 17.2 Å². The normalized spacial score (nSPS) is 15.2. The van der Waals surface area contributed by atoms with E-state index in [1.54, 1.807) is 18.7 Å². The summed E-state index contributed by atoms with van der Waals surface area (Å²) in [6, 6.07) is 1.87. The predicted molar refractivity (Wildman–Crippen MR) is 88.9 cm³/mol. The van der Waals surface area contributed by atoms with Crippen molar-refractivity contribution in [2.24, 2.45) is 5.92 Å². The fraction of sp³-hybridized carbons (Fsp3) is 0.647. The molecule has 0 aliphatic carbocycles. The molecule has 1 saturated heterocycles. The van der Waals surface area contributed by atoms with Crippen LogP contribution in [0.3, 0.4) is 0 Å². The molecule has 1 rings (SSSR count). The maximum atomic E-state index is 12.3. The number of amides is 1. The lowest BCUT2D eigenvalue weighted by Crippen LogP contribution is -2.41. The Morgan fingerprint density at radius 1 is 1.20 bits per heavy atom. The Balaban J connectivity index is 2.46. The van der Waals surface area contributed by atoms with Crippen molar-refractivity contribution >= 4 is 17.8 Å². The lowest BCUT2D eigenvalue weighted by atomic mass is 9.96. The van der Waals surface area contributed by atoms with Gasteiger partial charge in [0, 0.05) is 25.8 Å². The third-order valence-corrected chi connectivity index (χ3v) is 3.78. The van der Waals surface area contributed by atoms with Gasteiger partial charge in [-0.25, -0.2) is 0 Å². The molecule has 1 aliphatic heterocycles. The summed E-state index contributed by atoms with van der Waals surface area (Å²) >= 11 is 0. The van der Waals surface area contributed by atoms with Crippen molar-refractivity contribution in [3.05, 3.63) is 11.8 Å². The number of likely N-dealkylation sites (tertiary alicyclic amines) is 1. The molecule has 1 heterocycles. The summed E-state index contributed by atoms with van der Waals surface area (Å²) in [5.74, 6) is -1.14. The number of carbonyl (C=O) groups is 3. The number of piperidine rings is 1. The minimum absolute atomic E-state index is 0.0292. The van der Waals surface area contributed by atoms with E-state index in [0.717, 1.165) is 0 Å². The average Bonchev–Trinajstić information content (AvgIpc) is 2.62. The maximum Gasteiger partial charge on any atom is 0.309 e. The van der Waals surface area contributed by atoms with E-state index in [4.69, 9.17) is 14.7 Å². The maximum absolute atomic E-state index is 12.3. The molecule has 0 aromatic heterocycles. The highest BCUT2D eigenvalue weighted by atomic mass is 16.5. The van der Waals surface area contributed by atoms with E-state index in [-0.39, 0.29) is 42.3 Å². The molecule has 0 saturated carbocycles. The molecular formula is C17H25N3O5. The molecule has 8 nitrogen and oxygen atoms in total. The van der Waals surface area contributed by atoms with Crippen molar-refractivity contribution in [1.82, 2.24) is 10.2 Å². The fourth-order valence-corrected chi connectivity index (χ4v) is 2.47. The second kappa shape index (κ2) is 11.1. The zero-order valence-electron chi connectivity index (χ0n) is 14.7. The van der Waals surface area contributed by atoms with Crippen molar-refractivity contribution in [3.8, 4) is 6.07 Å². The van der Waals surface area contributed by atoms with Crippen LogP contribution in [0.4, 0.5) is 0 Å². The zero-order valence-corrected chi connectivity index (χ0v) is 14.7. The quantitative estimate of drug-likeness (QED) is 0.297. The van der Waals surface area contributed by atoms with E-state index < -0.39 is 0 Å². The third-order valence-electron chi connectivity index (χ3n) is 3.78. The molecule has 25 heavy (non-hydrogen) atoms. The van der Waals surface area contributed by atoms with E-state index in [2.05, 4.69) is 5.32 Å². The Morgan fingerprint density at radius 2 is 1.84 bits per heavy atom. The Labute approximate surface area is 147 Å². The monoisotopic (exact) mass is 351 g/mol. The summed E-state index contributed by atoms with van der Waals surface area (Å²) in [4.78, 5) is 36.8. The predicted octanol–water partition coefficient (Wildman–Crippen LogP) is 0.738. The fourth-order valence-electron chi connectivity index (χ4n) is 2.47. The van der Waals surface area contributed by atoms with Crippen LogP contribution in [0.15, 0.2) is 11.8 Å². The standard InChI is InChI=1S/C17H25N3O5/c1-3-24-15(21)5-8-19-12-14(11-18)16(22)20-9-6-13(7-10-20)17(23)25-4-2/h12-13,19H,3-10H2,1-2H3/b14-12-. The van der Waals surface area contributed by atoms with Gasteiger partial charge in [-0.1, -0.05) is 0 Å². The van der Waals surface area contributed by atoms with Gasteiger partial charge in [-0.3, -0.25) is 14.4 Å². The highest BCUT2D eigenvalue weighted by Gasteiger charge is 2.29. The Hall–Kier alpha value is -2.56. The van der Waals surface area contributed by atoms with Gasteiger partial charge in [0.2, 0.25) is 0 Å². The Morgan fingerprint density at radius 3 is 2.40 bits per heavy atom. The third kappa shape index (κ3) is 6.83. The second-order valence-electron chi connectivity index (χ2n) is 5.50. The molecule has 1 amide bonds. The molecule has 8 heteroatoms. The number of nitrogens with one attached hydrogen (secondary N) is 1. The van der Waals surface area contributed by atoms with Crippen molar-refractivity contribution in [2.75, 3.05) is 32.8 Å². The SMILES string of the molecule is CCOC(=O)CCN/C=C(/C#N)C(=O)N1CCC(C(=O)OCC)CC1. The van der Waals surface area contributed by atoms with Gasteiger partial charge >= 0.3 is 11.9 Å². The number of nitriles is 1. The highest BCUT2D eigenvalue weighted by Crippen LogP contribution is 2.19. The van der Waals surface area contributed by atoms with Crippen LogP contribution in [-0.2, 0) is 23.9 Å². The van der Waals surface area contributed by atoms with Crippen LogP contribution in [0.2, 0.25) is 0 Å². The Bertz CT molecular complexity index is 545. The van der Waals surface area contributed by atoms with Crippen LogP contribution in [0.1, 0.15) is 33.1 Å². The lowest BCUT2D eigenvalue weighted by molar-refractivity contribution is -0.150.